The molecule has 2 heterocycles. The van der Waals surface area contributed by atoms with E-state index < -0.39 is 0 Å². The van der Waals surface area contributed by atoms with Gasteiger partial charge in [-0.1, -0.05) is 12.8 Å². The van der Waals surface area contributed by atoms with Gasteiger partial charge in [-0.3, -0.25) is 4.90 Å². The maximum atomic E-state index is 5.67. The van der Waals surface area contributed by atoms with Crippen LogP contribution in [0.5, 0.6) is 0 Å². The SMILES string of the molecule is Nc1nc(CN2CCC3(CCCC3)CC2)cs1. The van der Waals surface area contributed by atoms with Crippen LogP contribution in [0.3, 0.4) is 0 Å². The number of aromatic nitrogens is 1. The lowest BCUT2D eigenvalue weighted by Gasteiger charge is -2.39. The molecule has 0 amide bonds. The van der Waals surface area contributed by atoms with Gasteiger partial charge >= 0.3 is 0 Å². The second-order valence-electron chi connectivity index (χ2n) is 5.66. The highest BCUT2D eigenvalue weighted by Crippen LogP contribution is 2.46. The number of thiazole rings is 1. The number of anilines is 1. The second kappa shape index (κ2) is 4.58. The van der Waals surface area contributed by atoms with Crippen LogP contribution in [0.15, 0.2) is 5.38 Å². The number of hydrogen-bond acceptors (Lipinski definition) is 4. The van der Waals surface area contributed by atoms with Gasteiger partial charge in [0.1, 0.15) is 0 Å². The van der Waals surface area contributed by atoms with Gasteiger partial charge in [-0.05, 0) is 44.2 Å². The molecule has 1 aliphatic carbocycles. The third-order valence-corrected chi connectivity index (χ3v) is 5.26. The van der Waals surface area contributed by atoms with E-state index in [1.807, 2.05) is 0 Å². The molecule has 0 atom stereocenters. The zero-order chi connectivity index (χ0) is 11.7. The average Bonchev–Trinajstić information content (AvgIpc) is 2.93. The van der Waals surface area contributed by atoms with Crippen LogP contribution in [-0.2, 0) is 6.54 Å². The van der Waals surface area contributed by atoms with Crippen molar-refractivity contribution < 1.29 is 0 Å². The Labute approximate surface area is 107 Å². The van der Waals surface area contributed by atoms with Crippen LogP contribution in [0.4, 0.5) is 5.13 Å². The van der Waals surface area contributed by atoms with Gasteiger partial charge in [0.05, 0.1) is 5.69 Å². The Morgan fingerprint density at radius 2 is 1.94 bits per heavy atom. The van der Waals surface area contributed by atoms with E-state index in [0.29, 0.717) is 5.13 Å². The molecule has 17 heavy (non-hydrogen) atoms. The van der Waals surface area contributed by atoms with Gasteiger partial charge in [0.15, 0.2) is 5.13 Å². The van der Waals surface area contributed by atoms with Crippen molar-refractivity contribution in [3.8, 4) is 0 Å². The van der Waals surface area contributed by atoms with Crippen LogP contribution in [0.1, 0.15) is 44.2 Å². The molecular weight excluding hydrogens is 230 g/mol. The van der Waals surface area contributed by atoms with Crippen LogP contribution >= 0.6 is 11.3 Å². The van der Waals surface area contributed by atoms with Gasteiger partial charge in [-0.2, -0.15) is 0 Å². The normalized spacial score (nSPS) is 24.5. The molecule has 1 spiro atoms. The summed E-state index contributed by atoms with van der Waals surface area (Å²) >= 11 is 1.55. The summed E-state index contributed by atoms with van der Waals surface area (Å²) in [6.07, 6.45) is 8.67. The lowest BCUT2D eigenvalue weighted by molar-refractivity contribution is 0.103. The molecular formula is C13H21N3S. The molecule has 4 heteroatoms. The summed E-state index contributed by atoms with van der Waals surface area (Å²) < 4.78 is 0. The van der Waals surface area contributed by atoms with Crippen molar-refractivity contribution in [3.05, 3.63) is 11.1 Å². The number of hydrogen-bond donors (Lipinski definition) is 1. The molecule has 3 nitrogen and oxygen atoms in total. The van der Waals surface area contributed by atoms with Crippen molar-refractivity contribution >= 4 is 16.5 Å². The maximum Gasteiger partial charge on any atom is 0.180 e. The third-order valence-electron chi connectivity index (χ3n) is 4.54. The van der Waals surface area contributed by atoms with Crippen molar-refractivity contribution in [2.45, 2.75) is 45.1 Å². The molecule has 1 aromatic rings. The van der Waals surface area contributed by atoms with Crippen LogP contribution in [0, 0.1) is 5.41 Å². The first-order chi connectivity index (χ1) is 8.26. The van der Waals surface area contributed by atoms with Crippen LogP contribution in [0.2, 0.25) is 0 Å². The van der Waals surface area contributed by atoms with Crippen LogP contribution in [0.25, 0.3) is 0 Å². The number of nitrogens with zero attached hydrogens (tertiary/aromatic N) is 2. The van der Waals surface area contributed by atoms with Crippen molar-refractivity contribution in [3.63, 3.8) is 0 Å². The topological polar surface area (TPSA) is 42.1 Å². The molecule has 1 saturated heterocycles. The standard InChI is InChI=1S/C13H21N3S/c14-12-15-11(10-17-12)9-16-7-5-13(6-8-16)3-1-2-4-13/h10H,1-9H2,(H2,14,15). The zero-order valence-electron chi connectivity index (χ0n) is 10.3. The Morgan fingerprint density at radius 1 is 1.24 bits per heavy atom. The Morgan fingerprint density at radius 3 is 2.53 bits per heavy atom. The van der Waals surface area contributed by atoms with E-state index in [9.17, 15) is 0 Å². The fourth-order valence-electron chi connectivity index (χ4n) is 3.43. The minimum Gasteiger partial charge on any atom is -0.375 e. The monoisotopic (exact) mass is 251 g/mol. The largest absolute Gasteiger partial charge is 0.375 e. The number of piperidine rings is 1. The zero-order valence-corrected chi connectivity index (χ0v) is 11.1. The summed E-state index contributed by atoms with van der Waals surface area (Å²) in [5, 5.41) is 2.79. The highest BCUT2D eigenvalue weighted by molar-refractivity contribution is 7.13. The number of nitrogen functional groups attached to an aromatic ring is 1. The van der Waals surface area contributed by atoms with Crippen molar-refractivity contribution in [1.29, 1.82) is 0 Å². The second-order valence-corrected chi connectivity index (χ2v) is 6.55. The van der Waals surface area contributed by atoms with E-state index in [0.717, 1.165) is 17.7 Å². The quantitative estimate of drug-likeness (QED) is 0.879. The molecule has 0 unspecified atom stereocenters. The summed E-state index contributed by atoms with van der Waals surface area (Å²) in [4.78, 5) is 6.89. The molecule has 3 rings (SSSR count). The van der Waals surface area contributed by atoms with E-state index in [1.54, 1.807) is 11.3 Å². The first kappa shape index (κ1) is 11.5. The van der Waals surface area contributed by atoms with Crippen LogP contribution < -0.4 is 5.73 Å². The molecule has 1 saturated carbocycles. The van der Waals surface area contributed by atoms with Crippen molar-refractivity contribution in [2.75, 3.05) is 18.8 Å². The maximum absolute atomic E-state index is 5.67. The van der Waals surface area contributed by atoms with Crippen molar-refractivity contribution in [1.82, 2.24) is 9.88 Å². The van der Waals surface area contributed by atoms with Crippen molar-refractivity contribution in [2.24, 2.45) is 5.41 Å². The fraction of sp³-hybridized carbons (Fsp3) is 0.769. The highest BCUT2D eigenvalue weighted by Gasteiger charge is 2.36. The molecule has 1 aliphatic heterocycles. The van der Waals surface area contributed by atoms with Gasteiger partial charge < -0.3 is 5.73 Å². The Bertz CT molecular complexity index is 372. The molecule has 94 valence electrons. The average molecular weight is 251 g/mol. The third kappa shape index (κ3) is 2.47. The Hall–Kier alpha value is -0.610. The van der Waals surface area contributed by atoms with E-state index >= 15 is 0 Å². The number of nitrogens with two attached hydrogens (primary N) is 1. The summed E-state index contributed by atoms with van der Waals surface area (Å²) in [5.41, 5.74) is 7.53. The Kier molecular flexibility index (Phi) is 3.09. The molecule has 0 bridgehead atoms. The number of likely N-dealkylation sites (tertiary alicyclic amines) is 1. The summed E-state index contributed by atoms with van der Waals surface area (Å²) in [5.74, 6) is 0. The van der Waals surface area contributed by atoms with Gasteiger partial charge in [0.2, 0.25) is 0 Å². The first-order valence-electron chi connectivity index (χ1n) is 6.68. The fourth-order valence-corrected chi connectivity index (χ4v) is 3.99. The van der Waals surface area contributed by atoms with Gasteiger partial charge in [-0.15, -0.1) is 11.3 Å². The van der Waals surface area contributed by atoms with Crippen LogP contribution in [-0.4, -0.2) is 23.0 Å². The van der Waals surface area contributed by atoms with E-state index in [1.165, 1.54) is 51.6 Å². The summed E-state index contributed by atoms with van der Waals surface area (Å²) in [6, 6.07) is 0. The van der Waals surface area contributed by atoms with Gasteiger partial charge in [0.25, 0.3) is 0 Å². The summed E-state index contributed by atoms with van der Waals surface area (Å²) in [7, 11) is 0. The molecule has 1 aromatic heterocycles. The molecule has 0 aromatic carbocycles. The Balaban J connectivity index is 1.54. The minimum absolute atomic E-state index is 0.698. The molecule has 2 aliphatic rings. The summed E-state index contributed by atoms with van der Waals surface area (Å²) in [6.45, 7) is 3.48. The predicted octanol–water partition coefficient (Wildman–Crippen LogP) is 2.88. The van der Waals surface area contributed by atoms with E-state index in [4.69, 9.17) is 5.73 Å². The van der Waals surface area contributed by atoms with Gasteiger partial charge in [-0.25, -0.2) is 4.98 Å². The molecule has 2 N–H and O–H groups in total. The van der Waals surface area contributed by atoms with E-state index in [-0.39, 0.29) is 0 Å². The molecule has 0 radical (unpaired) electrons. The first-order valence-corrected chi connectivity index (χ1v) is 7.56. The highest BCUT2D eigenvalue weighted by atomic mass is 32.1. The van der Waals surface area contributed by atoms with Gasteiger partial charge in [0, 0.05) is 11.9 Å². The molecule has 2 fully saturated rings. The minimum atomic E-state index is 0.698. The smallest absolute Gasteiger partial charge is 0.180 e. The lowest BCUT2D eigenvalue weighted by atomic mass is 9.77. The lowest BCUT2D eigenvalue weighted by Crippen LogP contribution is -2.38. The number of rotatable bonds is 2. The predicted molar refractivity (Wildman–Crippen MR) is 71.9 cm³/mol. The van der Waals surface area contributed by atoms with E-state index in [2.05, 4.69) is 15.3 Å².